The van der Waals surface area contributed by atoms with Gasteiger partial charge < -0.3 is 0 Å². The van der Waals surface area contributed by atoms with Gasteiger partial charge in [0.05, 0.1) is 4.90 Å². The Bertz CT molecular complexity index is 549. The van der Waals surface area contributed by atoms with Crippen LogP contribution in [-0.2, 0) is 16.4 Å². The molecule has 1 N–H and O–H groups in total. The highest BCUT2D eigenvalue weighted by Crippen LogP contribution is 2.25. The first-order valence-electron chi connectivity index (χ1n) is 8.00. The Balaban J connectivity index is 2.08. The van der Waals surface area contributed by atoms with Crippen LogP contribution in [0.25, 0.3) is 0 Å². The maximum atomic E-state index is 12.5. The molecular weight excluding hydrogens is 282 g/mol. The molecule has 0 saturated heterocycles. The number of sulfonamides is 1. The van der Waals surface area contributed by atoms with Crippen molar-refractivity contribution in [3.05, 3.63) is 29.8 Å². The van der Waals surface area contributed by atoms with Crippen molar-refractivity contribution in [3.8, 4) is 0 Å². The van der Waals surface area contributed by atoms with Gasteiger partial charge in [-0.3, -0.25) is 0 Å². The van der Waals surface area contributed by atoms with Crippen LogP contribution in [0.15, 0.2) is 29.2 Å². The minimum absolute atomic E-state index is 0.0825. The summed E-state index contributed by atoms with van der Waals surface area (Å²) >= 11 is 0. The van der Waals surface area contributed by atoms with Crippen molar-refractivity contribution < 1.29 is 8.42 Å². The molecule has 1 aliphatic rings. The van der Waals surface area contributed by atoms with Gasteiger partial charge >= 0.3 is 0 Å². The molecular formula is C17H27NO2S. The standard InChI is InChI=1S/C17H27NO2S/c1-13(2)12-15-8-10-16(11-9-15)21(19,20)18-17-7-5-4-6-14(17)3/h8-11,13-14,17-18H,4-7,12H2,1-3H3/t14-,17+/m0/s1. The van der Waals surface area contributed by atoms with E-state index < -0.39 is 10.0 Å². The summed E-state index contributed by atoms with van der Waals surface area (Å²) in [4.78, 5) is 0.382. The van der Waals surface area contributed by atoms with E-state index in [1.54, 1.807) is 12.1 Å². The van der Waals surface area contributed by atoms with Crippen LogP contribution in [-0.4, -0.2) is 14.5 Å². The van der Waals surface area contributed by atoms with E-state index >= 15 is 0 Å². The molecule has 0 amide bonds. The smallest absolute Gasteiger partial charge is 0.208 e. The monoisotopic (exact) mass is 309 g/mol. The van der Waals surface area contributed by atoms with Crippen molar-refractivity contribution in [2.45, 2.75) is 63.8 Å². The average molecular weight is 309 g/mol. The first-order chi connectivity index (χ1) is 9.88. The predicted octanol–water partition coefficient (Wildman–Crippen LogP) is 3.74. The largest absolute Gasteiger partial charge is 0.240 e. The van der Waals surface area contributed by atoms with E-state index in [9.17, 15) is 8.42 Å². The number of nitrogens with one attached hydrogen (secondary N) is 1. The molecule has 1 aromatic carbocycles. The lowest BCUT2D eigenvalue weighted by molar-refractivity contribution is 0.310. The summed E-state index contributed by atoms with van der Waals surface area (Å²) in [5.41, 5.74) is 1.19. The van der Waals surface area contributed by atoms with E-state index in [-0.39, 0.29) is 6.04 Å². The highest BCUT2D eigenvalue weighted by Gasteiger charge is 2.26. The van der Waals surface area contributed by atoms with Crippen molar-refractivity contribution in [3.63, 3.8) is 0 Å². The lowest BCUT2D eigenvalue weighted by Crippen LogP contribution is -2.40. The molecule has 118 valence electrons. The molecule has 0 aromatic heterocycles. The molecule has 21 heavy (non-hydrogen) atoms. The molecule has 3 nitrogen and oxygen atoms in total. The van der Waals surface area contributed by atoms with Crippen molar-refractivity contribution in [1.29, 1.82) is 0 Å². The van der Waals surface area contributed by atoms with Crippen LogP contribution in [0.5, 0.6) is 0 Å². The van der Waals surface area contributed by atoms with Gasteiger partial charge in [0.2, 0.25) is 10.0 Å². The molecule has 0 aliphatic heterocycles. The summed E-state index contributed by atoms with van der Waals surface area (Å²) in [6.07, 6.45) is 5.37. The van der Waals surface area contributed by atoms with Crippen LogP contribution in [0.1, 0.15) is 52.0 Å². The summed E-state index contributed by atoms with van der Waals surface area (Å²) in [7, 11) is -3.39. The van der Waals surface area contributed by atoms with E-state index in [2.05, 4.69) is 25.5 Å². The maximum Gasteiger partial charge on any atom is 0.240 e. The Morgan fingerprint density at radius 2 is 1.76 bits per heavy atom. The highest BCUT2D eigenvalue weighted by atomic mass is 32.2. The van der Waals surface area contributed by atoms with Crippen LogP contribution in [0.4, 0.5) is 0 Å². The number of benzene rings is 1. The van der Waals surface area contributed by atoms with E-state index in [0.29, 0.717) is 16.7 Å². The van der Waals surface area contributed by atoms with Gasteiger partial charge in [0.1, 0.15) is 0 Å². The molecule has 1 saturated carbocycles. The second-order valence-electron chi connectivity index (χ2n) is 6.73. The Labute approximate surface area is 129 Å². The van der Waals surface area contributed by atoms with Gasteiger partial charge in [-0.1, -0.05) is 45.7 Å². The zero-order valence-corrected chi connectivity index (χ0v) is 14.1. The molecule has 0 heterocycles. The molecule has 2 atom stereocenters. The lowest BCUT2D eigenvalue weighted by Gasteiger charge is -2.29. The Hall–Kier alpha value is -0.870. The van der Waals surface area contributed by atoms with Gasteiger partial charge in [-0.15, -0.1) is 0 Å². The van der Waals surface area contributed by atoms with Crippen molar-refractivity contribution in [1.82, 2.24) is 4.72 Å². The van der Waals surface area contributed by atoms with Crippen molar-refractivity contribution in [2.24, 2.45) is 11.8 Å². The molecule has 4 heteroatoms. The Kier molecular flexibility index (Phi) is 5.44. The van der Waals surface area contributed by atoms with Gasteiger partial charge in [-0.2, -0.15) is 0 Å². The molecule has 1 aliphatic carbocycles. The fourth-order valence-corrected chi connectivity index (χ4v) is 4.41. The van der Waals surface area contributed by atoms with Gasteiger partial charge in [0.25, 0.3) is 0 Å². The summed E-state index contributed by atoms with van der Waals surface area (Å²) in [5.74, 6) is 1.00. The zero-order valence-electron chi connectivity index (χ0n) is 13.3. The van der Waals surface area contributed by atoms with Crippen LogP contribution >= 0.6 is 0 Å². The van der Waals surface area contributed by atoms with Gasteiger partial charge in [-0.05, 0) is 48.8 Å². The highest BCUT2D eigenvalue weighted by molar-refractivity contribution is 7.89. The Morgan fingerprint density at radius 3 is 2.33 bits per heavy atom. The number of hydrogen-bond donors (Lipinski definition) is 1. The third kappa shape index (κ3) is 4.55. The van der Waals surface area contributed by atoms with Crippen LogP contribution < -0.4 is 4.72 Å². The van der Waals surface area contributed by atoms with Gasteiger partial charge in [-0.25, -0.2) is 13.1 Å². The summed E-state index contributed by atoms with van der Waals surface area (Å²) in [6.45, 7) is 6.46. The molecule has 0 radical (unpaired) electrons. The van der Waals surface area contributed by atoms with Gasteiger partial charge in [0.15, 0.2) is 0 Å². The van der Waals surface area contributed by atoms with E-state index in [1.807, 2.05) is 12.1 Å². The predicted molar refractivity (Wildman–Crippen MR) is 86.7 cm³/mol. The third-order valence-electron chi connectivity index (χ3n) is 4.30. The first kappa shape index (κ1) is 16.5. The maximum absolute atomic E-state index is 12.5. The van der Waals surface area contributed by atoms with Crippen LogP contribution in [0.3, 0.4) is 0 Å². The van der Waals surface area contributed by atoms with Crippen LogP contribution in [0.2, 0.25) is 0 Å². The van der Waals surface area contributed by atoms with E-state index in [0.717, 1.165) is 25.7 Å². The summed E-state index contributed by atoms with van der Waals surface area (Å²) in [5, 5.41) is 0. The Morgan fingerprint density at radius 1 is 1.14 bits per heavy atom. The molecule has 0 spiro atoms. The third-order valence-corrected chi connectivity index (χ3v) is 5.80. The fraction of sp³-hybridized carbons (Fsp3) is 0.647. The fourth-order valence-electron chi connectivity index (χ4n) is 3.03. The zero-order chi connectivity index (χ0) is 15.5. The number of hydrogen-bond acceptors (Lipinski definition) is 2. The van der Waals surface area contributed by atoms with Crippen molar-refractivity contribution >= 4 is 10.0 Å². The van der Waals surface area contributed by atoms with Crippen LogP contribution in [0, 0.1) is 11.8 Å². The SMILES string of the molecule is CC(C)Cc1ccc(S(=O)(=O)N[C@@H]2CCCC[C@@H]2C)cc1. The van der Waals surface area contributed by atoms with Gasteiger partial charge in [0, 0.05) is 6.04 Å². The molecule has 1 aromatic rings. The minimum atomic E-state index is -3.39. The first-order valence-corrected chi connectivity index (χ1v) is 9.48. The summed E-state index contributed by atoms with van der Waals surface area (Å²) < 4.78 is 27.8. The molecule has 0 unspecified atom stereocenters. The second kappa shape index (κ2) is 6.93. The topological polar surface area (TPSA) is 46.2 Å². The minimum Gasteiger partial charge on any atom is -0.208 e. The molecule has 1 fully saturated rings. The quantitative estimate of drug-likeness (QED) is 0.900. The summed E-state index contributed by atoms with van der Waals surface area (Å²) in [6, 6.07) is 7.40. The molecule has 2 rings (SSSR count). The van der Waals surface area contributed by atoms with Crippen molar-refractivity contribution in [2.75, 3.05) is 0 Å². The van der Waals surface area contributed by atoms with E-state index in [4.69, 9.17) is 0 Å². The molecule has 0 bridgehead atoms. The lowest BCUT2D eigenvalue weighted by atomic mass is 9.87. The second-order valence-corrected chi connectivity index (χ2v) is 8.45. The number of rotatable bonds is 5. The average Bonchev–Trinajstić information content (AvgIpc) is 2.41. The normalized spacial score (nSPS) is 23.4. The van der Waals surface area contributed by atoms with E-state index in [1.165, 1.54) is 12.0 Å².